The second kappa shape index (κ2) is 11.1. The van der Waals surface area contributed by atoms with Crippen LogP contribution in [0.2, 0.25) is 0 Å². The molecular formula is C20H32N2O6. The zero-order valence-corrected chi connectivity index (χ0v) is 16.9. The molecule has 28 heavy (non-hydrogen) atoms. The van der Waals surface area contributed by atoms with Gasteiger partial charge in [-0.3, -0.25) is 0 Å². The number of rotatable bonds is 11. The number of aromatic nitrogens is 2. The summed E-state index contributed by atoms with van der Waals surface area (Å²) in [5, 5.41) is 0. The van der Waals surface area contributed by atoms with E-state index in [4.69, 9.17) is 33.4 Å². The van der Waals surface area contributed by atoms with Gasteiger partial charge in [-0.15, -0.1) is 0 Å². The molecule has 0 unspecified atom stereocenters. The van der Waals surface area contributed by atoms with Gasteiger partial charge in [0, 0.05) is 20.4 Å². The summed E-state index contributed by atoms with van der Waals surface area (Å²) >= 11 is 0. The fourth-order valence-electron chi connectivity index (χ4n) is 3.81. The van der Waals surface area contributed by atoms with Crippen molar-refractivity contribution in [1.29, 1.82) is 0 Å². The molecule has 8 nitrogen and oxygen atoms in total. The van der Waals surface area contributed by atoms with E-state index < -0.39 is 6.29 Å². The average Bonchev–Trinajstić information content (AvgIpc) is 3.23. The molecule has 1 atom stereocenters. The van der Waals surface area contributed by atoms with Gasteiger partial charge >= 0.3 is 0 Å². The van der Waals surface area contributed by atoms with Crippen molar-refractivity contribution in [3.8, 4) is 0 Å². The molecule has 2 fully saturated rings. The molecule has 1 saturated carbocycles. The van der Waals surface area contributed by atoms with E-state index in [9.17, 15) is 0 Å². The molecular weight excluding hydrogens is 364 g/mol. The summed E-state index contributed by atoms with van der Waals surface area (Å²) < 4.78 is 33.2. The average molecular weight is 396 g/mol. The van der Waals surface area contributed by atoms with Crippen molar-refractivity contribution in [3.63, 3.8) is 0 Å². The van der Waals surface area contributed by atoms with Crippen molar-refractivity contribution < 1.29 is 28.4 Å². The number of nitrogens with zero attached hydrogens (tertiary/aromatic N) is 2. The number of methoxy groups -OCH3 is 2. The highest BCUT2D eigenvalue weighted by Gasteiger charge is 2.39. The molecule has 0 aromatic carbocycles. The van der Waals surface area contributed by atoms with Crippen LogP contribution >= 0.6 is 0 Å². The van der Waals surface area contributed by atoms with Crippen molar-refractivity contribution in [1.82, 2.24) is 9.97 Å². The molecule has 1 aliphatic carbocycles. The van der Waals surface area contributed by atoms with E-state index in [1.54, 1.807) is 20.4 Å². The smallest absolute Gasteiger partial charge is 0.200 e. The van der Waals surface area contributed by atoms with Gasteiger partial charge in [0.15, 0.2) is 0 Å². The third kappa shape index (κ3) is 5.68. The third-order valence-corrected chi connectivity index (χ3v) is 5.32. The van der Waals surface area contributed by atoms with Crippen LogP contribution in [0.15, 0.2) is 12.3 Å². The molecule has 1 aromatic heterocycles. The van der Waals surface area contributed by atoms with E-state index in [1.807, 2.05) is 6.07 Å². The first-order valence-corrected chi connectivity index (χ1v) is 10.0. The summed E-state index contributed by atoms with van der Waals surface area (Å²) in [5.74, 6) is 0.815. The summed E-state index contributed by atoms with van der Waals surface area (Å²) in [5.41, 5.74) is 0.585. The lowest BCUT2D eigenvalue weighted by Gasteiger charge is -2.28. The highest BCUT2D eigenvalue weighted by atomic mass is 16.7. The Morgan fingerprint density at radius 3 is 2.64 bits per heavy atom. The van der Waals surface area contributed by atoms with Gasteiger partial charge in [-0.05, 0) is 18.9 Å². The second-order valence-corrected chi connectivity index (χ2v) is 7.29. The maximum absolute atomic E-state index is 5.98. The lowest BCUT2D eigenvalue weighted by molar-refractivity contribution is -0.118. The SMILES string of the molecule is COC(OC)c1ccnc(C2(COCCOC[C@H]3COCCO3)CCCC2)n1. The quantitative estimate of drug-likeness (QED) is 0.415. The Labute approximate surface area is 166 Å². The van der Waals surface area contributed by atoms with E-state index in [0.29, 0.717) is 46.2 Å². The number of hydrogen-bond donors (Lipinski definition) is 0. The van der Waals surface area contributed by atoms with Gasteiger partial charge in [0.2, 0.25) is 6.29 Å². The zero-order valence-electron chi connectivity index (χ0n) is 16.9. The molecule has 2 heterocycles. The van der Waals surface area contributed by atoms with Gasteiger partial charge in [0.1, 0.15) is 11.9 Å². The predicted octanol–water partition coefficient (Wildman–Crippen LogP) is 2.03. The van der Waals surface area contributed by atoms with E-state index in [1.165, 1.54) is 0 Å². The molecule has 1 saturated heterocycles. The molecule has 0 radical (unpaired) electrons. The minimum absolute atomic E-state index is 0.0283. The van der Waals surface area contributed by atoms with Crippen molar-refractivity contribution in [2.45, 2.75) is 43.5 Å². The van der Waals surface area contributed by atoms with E-state index >= 15 is 0 Å². The van der Waals surface area contributed by atoms with Crippen LogP contribution in [0.4, 0.5) is 0 Å². The molecule has 8 heteroatoms. The molecule has 2 aliphatic rings. The molecule has 158 valence electrons. The molecule has 1 aliphatic heterocycles. The van der Waals surface area contributed by atoms with Gasteiger partial charge in [-0.2, -0.15) is 0 Å². The summed E-state index contributed by atoms with van der Waals surface area (Å²) in [6.45, 7) is 4.10. The van der Waals surface area contributed by atoms with Gasteiger partial charge in [-0.1, -0.05) is 12.8 Å². The first-order valence-electron chi connectivity index (χ1n) is 10.0. The van der Waals surface area contributed by atoms with Crippen molar-refractivity contribution in [2.24, 2.45) is 0 Å². The van der Waals surface area contributed by atoms with Gasteiger partial charge < -0.3 is 28.4 Å². The fraction of sp³-hybridized carbons (Fsp3) is 0.800. The van der Waals surface area contributed by atoms with Crippen LogP contribution in [0.3, 0.4) is 0 Å². The summed E-state index contributed by atoms with van der Waals surface area (Å²) in [6.07, 6.45) is 5.68. The minimum atomic E-state index is -0.486. The van der Waals surface area contributed by atoms with Crippen LogP contribution in [-0.4, -0.2) is 76.5 Å². The standard InChI is InChI=1S/C20H32N2O6/c1-23-18(24-2)17-5-8-21-19(22-17)20(6-3-4-7-20)15-27-10-9-25-13-16-14-26-11-12-28-16/h5,8,16,18H,3-4,6-7,9-15H2,1-2H3/t16-/m0/s1. The van der Waals surface area contributed by atoms with Gasteiger partial charge in [-0.25, -0.2) is 9.97 Å². The zero-order chi connectivity index (χ0) is 19.7. The highest BCUT2D eigenvalue weighted by molar-refractivity contribution is 5.15. The van der Waals surface area contributed by atoms with Crippen molar-refractivity contribution >= 4 is 0 Å². The maximum atomic E-state index is 5.98. The first kappa shape index (κ1) is 21.5. The Bertz CT molecular complexity index is 572. The van der Waals surface area contributed by atoms with Crippen LogP contribution in [0.25, 0.3) is 0 Å². The minimum Gasteiger partial charge on any atom is -0.378 e. The highest BCUT2D eigenvalue weighted by Crippen LogP contribution is 2.40. The molecule has 1 aromatic rings. The molecule has 3 rings (SSSR count). The Hall–Kier alpha value is -1.16. The summed E-state index contributed by atoms with van der Waals surface area (Å²) in [6, 6.07) is 1.83. The van der Waals surface area contributed by atoms with Crippen molar-refractivity contribution in [2.75, 3.05) is 60.5 Å². The molecule has 0 bridgehead atoms. The van der Waals surface area contributed by atoms with Gasteiger partial charge in [0.25, 0.3) is 0 Å². The van der Waals surface area contributed by atoms with E-state index in [-0.39, 0.29) is 11.5 Å². The lowest BCUT2D eigenvalue weighted by atomic mass is 9.86. The molecule has 0 N–H and O–H groups in total. The Morgan fingerprint density at radius 1 is 1.14 bits per heavy atom. The topological polar surface area (TPSA) is 81.2 Å². The normalized spacial score (nSPS) is 22.0. The second-order valence-electron chi connectivity index (χ2n) is 7.29. The van der Waals surface area contributed by atoms with Crippen LogP contribution in [-0.2, 0) is 33.8 Å². The summed E-state index contributed by atoms with van der Waals surface area (Å²) in [7, 11) is 3.21. The lowest BCUT2D eigenvalue weighted by Crippen LogP contribution is -2.33. The molecule has 0 amide bonds. The molecule has 0 spiro atoms. The fourth-order valence-corrected chi connectivity index (χ4v) is 3.81. The predicted molar refractivity (Wildman–Crippen MR) is 101 cm³/mol. The number of ether oxygens (including phenoxy) is 6. The number of hydrogen-bond acceptors (Lipinski definition) is 8. The Kier molecular flexibility index (Phi) is 8.57. The van der Waals surface area contributed by atoms with Gasteiger partial charge in [0.05, 0.1) is 57.4 Å². The first-order chi connectivity index (χ1) is 13.8. The Morgan fingerprint density at radius 2 is 1.93 bits per heavy atom. The van der Waals surface area contributed by atoms with Crippen molar-refractivity contribution in [3.05, 3.63) is 23.8 Å². The Balaban J connectivity index is 1.49. The maximum Gasteiger partial charge on any atom is 0.200 e. The van der Waals surface area contributed by atoms with E-state index in [0.717, 1.165) is 37.2 Å². The summed E-state index contributed by atoms with van der Waals surface area (Å²) in [4.78, 5) is 9.30. The largest absolute Gasteiger partial charge is 0.378 e. The van der Waals surface area contributed by atoms with Crippen LogP contribution in [0.1, 0.15) is 43.5 Å². The van der Waals surface area contributed by atoms with Crippen LogP contribution < -0.4 is 0 Å². The van der Waals surface area contributed by atoms with Crippen LogP contribution in [0.5, 0.6) is 0 Å². The van der Waals surface area contributed by atoms with E-state index in [2.05, 4.69) is 4.98 Å². The third-order valence-electron chi connectivity index (χ3n) is 5.32. The van der Waals surface area contributed by atoms with Crippen LogP contribution in [0, 0.1) is 0 Å². The monoisotopic (exact) mass is 396 g/mol.